The summed E-state index contributed by atoms with van der Waals surface area (Å²) in [6, 6.07) is 14.0. The molecule has 0 aliphatic carbocycles. The van der Waals surface area contributed by atoms with Crippen molar-refractivity contribution < 1.29 is 14.3 Å². The summed E-state index contributed by atoms with van der Waals surface area (Å²) < 4.78 is 6.24. The zero-order chi connectivity index (χ0) is 20.1. The van der Waals surface area contributed by atoms with Crippen molar-refractivity contribution in [3.8, 4) is 0 Å². The number of esters is 1. The number of benzene rings is 2. The van der Waals surface area contributed by atoms with Crippen LogP contribution in [-0.4, -0.2) is 41.2 Å². The number of nitrogens with zero attached hydrogens (tertiary/aromatic N) is 2. The predicted octanol–water partition coefficient (Wildman–Crippen LogP) is 4.21. The summed E-state index contributed by atoms with van der Waals surface area (Å²) in [4.78, 5) is 31.4. The van der Waals surface area contributed by atoms with Gasteiger partial charge in [0, 0.05) is 11.9 Å². The highest BCUT2D eigenvalue weighted by Gasteiger charge is 2.15. The first kappa shape index (κ1) is 20.4. The van der Waals surface area contributed by atoms with Gasteiger partial charge in [-0.2, -0.15) is 0 Å². The number of thioether (sulfide) groups is 1. The molecule has 0 aliphatic rings. The Morgan fingerprint density at radius 1 is 1.18 bits per heavy atom. The number of hydrogen-bond donors (Lipinski definition) is 0. The molecule has 0 aliphatic heterocycles. The smallest absolute Gasteiger partial charge is 0.316 e. The molecule has 0 atom stereocenters. The summed E-state index contributed by atoms with van der Waals surface area (Å²) in [6.45, 7) is 4.16. The lowest BCUT2D eigenvalue weighted by molar-refractivity contribution is -0.149. The van der Waals surface area contributed by atoms with Crippen LogP contribution in [0.3, 0.4) is 0 Å². The molecule has 0 unspecified atom stereocenters. The van der Waals surface area contributed by atoms with Gasteiger partial charge in [-0.1, -0.05) is 29.8 Å². The van der Waals surface area contributed by atoms with Gasteiger partial charge in [-0.3, -0.25) is 9.59 Å². The molecular formula is C21H22N2O3S2. The monoisotopic (exact) mass is 414 g/mol. The summed E-state index contributed by atoms with van der Waals surface area (Å²) in [7, 11) is 1.69. The normalized spacial score (nSPS) is 10.8. The van der Waals surface area contributed by atoms with Crippen LogP contribution < -0.4 is 0 Å². The fourth-order valence-electron chi connectivity index (χ4n) is 2.57. The van der Waals surface area contributed by atoms with Gasteiger partial charge in [-0.15, -0.1) is 23.1 Å². The first-order valence-corrected chi connectivity index (χ1v) is 10.7. The van der Waals surface area contributed by atoms with E-state index in [4.69, 9.17) is 4.74 Å². The van der Waals surface area contributed by atoms with E-state index in [2.05, 4.69) is 4.98 Å². The number of aryl methyl sites for hydroxylation is 2. The average Bonchev–Trinajstić information content (AvgIpc) is 3.08. The molecule has 28 heavy (non-hydrogen) atoms. The molecule has 0 fully saturated rings. The molecule has 0 spiro atoms. The molecule has 146 valence electrons. The Balaban J connectivity index is 1.46. The molecule has 1 heterocycles. The van der Waals surface area contributed by atoms with E-state index in [1.165, 1.54) is 16.7 Å². The molecule has 1 amide bonds. The lowest BCUT2D eigenvalue weighted by atomic mass is 10.2. The van der Waals surface area contributed by atoms with E-state index >= 15 is 0 Å². The van der Waals surface area contributed by atoms with E-state index in [9.17, 15) is 9.59 Å². The Labute approximate surface area is 172 Å². The van der Waals surface area contributed by atoms with Crippen molar-refractivity contribution >= 4 is 45.2 Å². The lowest BCUT2D eigenvalue weighted by Gasteiger charge is -2.15. The van der Waals surface area contributed by atoms with Crippen LogP contribution in [0.4, 0.5) is 0 Å². The number of carbonyl (C=O) groups excluding carboxylic acids is 2. The van der Waals surface area contributed by atoms with Gasteiger partial charge in [0.05, 0.1) is 22.5 Å². The summed E-state index contributed by atoms with van der Waals surface area (Å²) >= 11 is 2.99. The fourth-order valence-corrected chi connectivity index (χ4v) is 4.51. The van der Waals surface area contributed by atoms with Gasteiger partial charge in [-0.05, 0) is 37.6 Å². The van der Waals surface area contributed by atoms with E-state index in [0.717, 1.165) is 31.2 Å². The summed E-state index contributed by atoms with van der Waals surface area (Å²) in [5, 5.41) is 0.855. The maximum atomic E-state index is 12.3. The molecule has 3 aromatic rings. The Hall–Kier alpha value is -2.38. The van der Waals surface area contributed by atoms with Gasteiger partial charge in [-0.25, -0.2) is 4.98 Å². The van der Waals surface area contributed by atoms with Crippen LogP contribution in [0, 0.1) is 13.8 Å². The van der Waals surface area contributed by atoms with Gasteiger partial charge in [0.1, 0.15) is 5.01 Å². The Kier molecular flexibility index (Phi) is 6.70. The van der Waals surface area contributed by atoms with Crippen LogP contribution in [0.2, 0.25) is 0 Å². The molecule has 5 nitrogen and oxygen atoms in total. The molecule has 0 saturated heterocycles. The quantitative estimate of drug-likeness (QED) is 0.428. The number of amides is 1. The van der Waals surface area contributed by atoms with Gasteiger partial charge >= 0.3 is 5.97 Å². The van der Waals surface area contributed by atoms with Crippen LogP contribution in [0.15, 0.2) is 47.4 Å². The van der Waals surface area contributed by atoms with Crippen LogP contribution in [-0.2, 0) is 20.9 Å². The van der Waals surface area contributed by atoms with Crippen LogP contribution in [0.5, 0.6) is 0 Å². The van der Waals surface area contributed by atoms with Crippen molar-refractivity contribution in [3.63, 3.8) is 0 Å². The van der Waals surface area contributed by atoms with Gasteiger partial charge < -0.3 is 9.64 Å². The van der Waals surface area contributed by atoms with Gasteiger partial charge in [0.15, 0.2) is 6.61 Å². The minimum absolute atomic E-state index is 0.180. The number of para-hydroxylation sites is 1. The third kappa shape index (κ3) is 5.33. The predicted molar refractivity (Wildman–Crippen MR) is 114 cm³/mol. The lowest BCUT2D eigenvalue weighted by Crippen LogP contribution is -2.31. The molecule has 1 aromatic heterocycles. The van der Waals surface area contributed by atoms with E-state index in [-0.39, 0.29) is 18.3 Å². The maximum absolute atomic E-state index is 12.3. The molecule has 7 heteroatoms. The Morgan fingerprint density at radius 2 is 1.96 bits per heavy atom. The summed E-state index contributed by atoms with van der Waals surface area (Å²) in [5.41, 5.74) is 3.20. The first-order valence-electron chi connectivity index (χ1n) is 8.86. The zero-order valence-corrected chi connectivity index (χ0v) is 17.7. The number of fused-ring (bicyclic) bond motifs is 1. The van der Waals surface area contributed by atoms with E-state index < -0.39 is 5.97 Å². The topological polar surface area (TPSA) is 59.5 Å². The minimum Gasteiger partial charge on any atom is -0.455 e. The second-order valence-corrected chi connectivity index (χ2v) is 8.68. The van der Waals surface area contributed by atoms with Crippen LogP contribution in [0.25, 0.3) is 10.2 Å². The highest BCUT2D eigenvalue weighted by Crippen LogP contribution is 2.24. The highest BCUT2D eigenvalue weighted by molar-refractivity contribution is 8.00. The fraction of sp³-hybridized carbons (Fsp3) is 0.286. The largest absolute Gasteiger partial charge is 0.455 e. The van der Waals surface area contributed by atoms with Crippen molar-refractivity contribution in [2.45, 2.75) is 25.3 Å². The van der Waals surface area contributed by atoms with Crippen molar-refractivity contribution in [2.75, 3.05) is 19.4 Å². The molecular weight excluding hydrogens is 392 g/mol. The standard InChI is InChI=1S/C21H22N2O3S2/c1-14-8-9-15(2)18(10-14)27-13-21(25)26-12-20(24)23(3)11-19-22-16-6-4-5-7-17(16)28-19/h4-10H,11-13H2,1-3H3. The number of thiazole rings is 1. The van der Waals surface area contributed by atoms with Gasteiger partial charge in [0.25, 0.3) is 5.91 Å². The van der Waals surface area contributed by atoms with E-state index in [0.29, 0.717) is 6.54 Å². The molecule has 0 radical (unpaired) electrons. The molecule has 2 aromatic carbocycles. The molecule has 0 saturated carbocycles. The van der Waals surface area contributed by atoms with Crippen molar-refractivity contribution in [3.05, 3.63) is 58.6 Å². The highest BCUT2D eigenvalue weighted by atomic mass is 32.2. The van der Waals surface area contributed by atoms with Crippen LogP contribution in [0.1, 0.15) is 16.1 Å². The van der Waals surface area contributed by atoms with E-state index in [1.54, 1.807) is 18.4 Å². The number of hydrogen-bond acceptors (Lipinski definition) is 6. The molecule has 0 bridgehead atoms. The first-order chi connectivity index (χ1) is 13.4. The molecule has 0 N–H and O–H groups in total. The third-order valence-corrected chi connectivity index (χ3v) is 6.33. The number of likely N-dealkylation sites (N-methyl/N-ethyl adjacent to an activating group) is 1. The van der Waals surface area contributed by atoms with Crippen molar-refractivity contribution in [1.29, 1.82) is 0 Å². The second kappa shape index (κ2) is 9.21. The van der Waals surface area contributed by atoms with Crippen LogP contribution >= 0.6 is 23.1 Å². The third-order valence-electron chi connectivity index (χ3n) is 4.18. The van der Waals surface area contributed by atoms with Crippen molar-refractivity contribution in [2.24, 2.45) is 0 Å². The number of rotatable bonds is 7. The zero-order valence-electron chi connectivity index (χ0n) is 16.1. The Bertz CT molecular complexity index is 967. The number of aromatic nitrogens is 1. The Morgan fingerprint density at radius 3 is 2.75 bits per heavy atom. The van der Waals surface area contributed by atoms with Crippen molar-refractivity contribution in [1.82, 2.24) is 9.88 Å². The number of carbonyl (C=O) groups is 2. The summed E-state index contributed by atoms with van der Waals surface area (Å²) in [5.74, 6) is -0.462. The van der Waals surface area contributed by atoms with E-state index in [1.807, 2.05) is 56.3 Å². The second-order valence-electron chi connectivity index (χ2n) is 6.54. The average molecular weight is 415 g/mol. The van der Waals surface area contributed by atoms with Gasteiger partial charge in [0.2, 0.25) is 0 Å². The molecule has 3 rings (SSSR count). The summed E-state index contributed by atoms with van der Waals surface area (Å²) in [6.07, 6.45) is 0. The SMILES string of the molecule is Cc1ccc(C)c(SCC(=O)OCC(=O)N(C)Cc2nc3ccccc3s2)c1. The minimum atomic E-state index is -0.396. The maximum Gasteiger partial charge on any atom is 0.316 e. The number of ether oxygens (including phenoxy) is 1.